The van der Waals surface area contributed by atoms with E-state index in [4.69, 9.17) is 11.6 Å². The Labute approximate surface area is 177 Å². The topological polar surface area (TPSA) is 56.7 Å². The lowest BCUT2D eigenvalue weighted by molar-refractivity contribution is 0.0724. The molecule has 29 heavy (non-hydrogen) atoms. The molecule has 2 aliphatic heterocycles. The van der Waals surface area contributed by atoms with Gasteiger partial charge in [-0.25, -0.2) is 4.98 Å². The number of likely N-dealkylation sites (tertiary alicyclic amines) is 1. The zero-order valence-electron chi connectivity index (χ0n) is 16.6. The minimum atomic E-state index is -0.439. The summed E-state index contributed by atoms with van der Waals surface area (Å²) < 4.78 is 0. The number of carbonyl (C=O) groups is 1. The molecule has 2 fully saturated rings. The maximum atomic E-state index is 12.7. The summed E-state index contributed by atoms with van der Waals surface area (Å²) in [6.07, 6.45) is 6.29. The molecule has 1 amide bonds. The Hall–Kier alpha value is -2.11. The number of nitrogens with zero attached hydrogens (tertiary/aromatic N) is 3. The van der Waals surface area contributed by atoms with E-state index in [2.05, 4.69) is 9.88 Å². The standard InChI is InChI=1S/C23H28ClN3O2/c24-20-15-19(23(29)27-11-5-2-6-12-27)16-25-22(20)26-13-9-18(10-14-26)21(28)17-7-3-1-4-8-17/h1,3-4,7-8,15-16,18,21,28H,2,5-6,9-14H2. The van der Waals surface area contributed by atoms with Gasteiger partial charge in [0.1, 0.15) is 5.82 Å². The largest absolute Gasteiger partial charge is 0.388 e. The fourth-order valence-corrected chi connectivity index (χ4v) is 4.70. The van der Waals surface area contributed by atoms with Gasteiger partial charge in [-0.3, -0.25) is 4.79 Å². The Morgan fingerprint density at radius 1 is 1.07 bits per heavy atom. The molecule has 1 aromatic heterocycles. The molecule has 1 N–H and O–H groups in total. The number of piperidine rings is 2. The van der Waals surface area contributed by atoms with Crippen molar-refractivity contribution in [2.75, 3.05) is 31.1 Å². The third-order valence-electron chi connectivity index (χ3n) is 6.14. The van der Waals surface area contributed by atoms with Crippen molar-refractivity contribution in [2.45, 2.75) is 38.2 Å². The molecule has 2 aliphatic rings. The molecule has 4 rings (SSSR count). The summed E-state index contributed by atoms with van der Waals surface area (Å²) in [4.78, 5) is 21.3. The number of benzene rings is 1. The van der Waals surface area contributed by atoms with Gasteiger partial charge in [-0.05, 0) is 49.7 Å². The number of amides is 1. The van der Waals surface area contributed by atoms with E-state index in [-0.39, 0.29) is 11.8 Å². The molecule has 0 spiro atoms. The summed E-state index contributed by atoms with van der Waals surface area (Å²) in [7, 11) is 0. The van der Waals surface area contributed by atoms with Crippen LogP contribution in [0.1, 0.15) is 54.1 Å². The molecule has 1 aromatic carbocycles. The number of anilines is 1. The number of aliphatic hydroxyl groups excluding tert-OH is 1. The zero-order valence-corrected chi connectivity index (χ0v) is 17.4. The molecule has 154 valence electrons. The van der Waals surface area contributed by atoms with Crippen molar-refractivity contribution >= 4 is 23.3 Å². The molecule has 0 aliphatic carbocycles. The number of halogens is 1. The van der Waals surface area contributed by atoms with Gasteiger partial charge < -0.3 is 14.9 Å². The smallest absolute Gasteiger partial charge is 0.255 e. The van der Waals surface area contributed by atoms with E-state index in [0.717, 1.165) is 63.2 Å². The lowest BCUT2D eigenvalue weighted by Crippen LogP contribution is -2.37. The van der Waals surface area contributed by atoms with Crippen LogP contribution in [0, 0.1) is 5.92 Å². The first-order valence-corrected chi connectivity index (χ1v) is 10.9. The number of aliphatic hydroxyl groups is 1. The maximum absolute atomic E-state index is 12.7. The van der Waals surface area contributed by atoms with Gasteiger partial charge in [0.15, 0.2) is 0 Å². The minimum Gasteiger partial charge on any atom is -0.388 e. The molecule has 1 unspecified atom stereocenters. The van der Waals surface area contributed by atoms with E-state index in [0.29, 0.717) is 10.6 Å². The number of hydrogen-bond donors (Lipinski definition) is 1. The Morgan fingerprint density at radius 3 is 2.41 bits per heavy atom. The van der Waals surface area contributed by atoms with Crippen LogP contribution in [-0.4, -0.2) is 47.1 Å². The zero-order chi connectivity index (χ0) is 20.2. The van der Waals surface area contributed by atoms with Crippen molar-refractivity contribution in [3.63, 3.8) is 0 Å². The highest BCUT2D eigenvalue weighted by Gasteiger charge is 2.28. The highest BCUT2D eigenvalue weighted by Crippen LogP contribution is 2.34. The van der Waals surface area contributed by atoms with Crippen molar-refractivity contribution in [3.8, 4) is 0 Å². The van der Waals surface area contributed by atoms with Gasteiger partial charge in [0.2, 0.25) is 0 Å². The second-order valence-electron chi connectivity index (χ2n) is 8.06. The van der Waals surface area contributed by atoms with E-state index in [1.54, 1.807) is 12.3 Å². The molecule has 5 nitrogen and oxygen atoms in total. The van der Waals surface area contributed by atoms with Crippen LogP contribution in [0.4, 0.5) is 5.82 Å². The van der Waals surface area contributed by atoms with Crippen molar-refractivity contribution in [1.82, 2.24) is 9.88 Å². The van der Waals surface area contributed by atoms with E-state index >= 15 is 0 Å². The number of hydrogen-bond acceptors (Lipinski definition) is 4. The fourth-order valence-electron chi connectivity index (χ4n) is 4.41. The van der Waals surface area contributed by atoms with Crippen LogP contribution in [0.15, 0.2) is 42.6 Å². The molecule has 1 atom stereocenters. The molecular weight excluding hydrogens is 386 g/mol. The lowest BCUT2D eigenvalue weighted by Gasteiger charge is -2.35. The van der Waals surface area contributed by atoms with E-state index < -0.39 is 6.10 Å². The molecule has 3 heterocycles. The molecular formula is C23H28ClN3O2. The first-order chi connectivity index (χ1) is 14.1. The second kappa shape index (κ2) is 9.14. The first kappa shape index (κ1) is 20.2. The van der Waals surface area contributed by atoms with Gasteiger partial charge in [-0.2, -0.15) is 0 Å². The average molecular weight is 414 g/mol. The van der Waals surface area contributed by atoms with Gasteiger partial charge >= 0.3 is 0 Å². The summed E-state index contributed by atoms with van der Waals surface area (Å²) in [6.45, 7) is 3.21. The SMILES string of the molecule is O=C(c1cnc(N2CCC(C(O)c3ccccc3)CC2)c(Cl)c1)N1CCCCC1. The van der Waals surface area contributed by atoms with Gasteiger partial charge in [0, 0.05) is 32.4 Å². The summed E-state index contributed by atoms with van der Waals surface area (Å²) in [5.74, 6) is 0.984. The summed E-state index contributed by atoms with van der Waals surface area (Å²) >= 11 is 6.52. The Balaban J connectivity index is 1.39. The van der Waals surface area contributed by atoms with Crippen LogP contribution in [0.2, 0.25) is 5.02 Å². The quantitative estimate of drug-likeness (QED) is 0.811. The van der Waals surface area contributed by atoms with Crippen molar-refractivity contribution < 1.29 is 9.90 Å². The highest BCUT2D eigenvalue weighted by molar-refractivity contribution is 6.33. The van der Waals surface area contributed by atoms with Gasteiger partial charge in [0.25, 0.3) is 5.91 Å². The van der Waals surface area contributed by atoms with Crippen LogP contribution < -0.4 is 4.90 Å². The predicted molar refractivity (Wildman–Crippen MR) is 115 cm³/mol. The van der Waals surface area contributed by atoms with Gasteiger partial charge in [0.05, 0.1) is 16.7 Å². The Bertz CT molecular complexity index is 831. The van der Waals surface area contributed by atoms with E-state index in [1.807, 2.05) is 35.2 Å². The van der Waals surface area contributed by atoms with Crippen LogP contribution in [0.25, 0.3) is 0 Å². The van der Waals surface area contributed by atoms with Gasteiger partial charge in [-0.15, -0.1) is 0 Å². The van der Waals surface area contributed by atoms with Crippen molar-refractivity contribution in [3.05, 3.63) is 58.7 Å². The lowest BCUT2D eigenvalue weighted by atomic mass is 9.87. The number of rotatable bonds is 4. The van der Waals surface area contributed by atoms with Crippen LogP contribution in [0.3, 0.4) is 0 Å². The Morgan fingerprint density at radius 2 is 1.76 bits per heavy atom. The van der Waals surface area contributed by atoms with Crippen molar-refractivity contribution in [1.29, 1.82) is 0 Å². The Kier molecular flexibility index (Phi) is 6.36. The third kappa shape index (κ3) is 4.57. The normalized spacial score (nSPS) is 19.2. The first-order valence-electron chi connectivity index (χ1n) is 10.6. The molecule has 2 saturated heterocycles. The number of carbonyl (C=O) groups excluding carboxylic acids is 1. The molecule has 2 aromatic rings. The molecule has 6 heteroatoms. The minimum absolute atomic E-state index is 0.0235. The third-order valence-corrected chi connectivity index (χ3v) is 6.42. The molecule has 0 bridgehead atoms. The van der Waals surface area contributed by atoms with Gasteiger partial charge in [-0.1, -0.05) is 41.9 Å². The average Bonchev–Trinajstić information content (AvgIpc) is 2.79. The van der Waals surface area contributed by atoms with Crippen LogP contribution in [0.5, 0.6) is 0 Å². The van der Waals surface area contributed by atoms with Crippen LogP contribution in [-0.2, 0) is 0 Å². The molecule has 0 radical (unpaired) electrons. The summed E-state index contributed by atoms with van der Waals surface area (Å²) in [5.41, 5.74) is 1.54. The summed E-state index contributed by atoms with van der Waals surface area (Å²) in [6, 6.07) is 11.6. The predicted octanol–water partition coefficient (Wildman–Crippen LogP) is 4.31. The maximum Gasteiger partial charge on any atom is 0.255 e. The highest BCUT2D eigenvalue weighted by atomic mass is 35.5. The second-order valence-corrected chi connectivity index (χ2v) is 8.47. The monoisotopic (exact) mass is 413 g/mol. The number of pyridine rings is 1. The molecule has 0 saturated carbocycles. The number of aromatic nitrogens is 1. The fraction of sp³-hybridized carbons (Fsp3) is 0.478. The van der Waals surface area contributed by atoms with Crippen molar-refractivity contribution in [2.24, 2.45) is 5.92 Å². The van der Waals surface area contributed by atoms with E-state index in [9.17, 15) is 9.90 Å². The van der Waals surface area contributed by atoms with E-state index in [1.165, 1.54) is 6.42 Å². The van der Waals surface area contributed by atoms with Crippen LogP contribution >= 0.6 is 11.6 Å². The summed E-state index contributed by atoms with van der Waals surface area (Å²) in [5, 5.41) is 11.2.